The molecule has 0 aliphatic carbocycles. The predicted molar refractivity (Wildman–Crippen MR) is 71.9 cm³/mol. The number of hydrogen-bond donors (Lipinski definition) is 2. The first-order valence-corrected chi connectivity index (χ1v) is 6.00. The fourth-order valence-electron chi connectivity index (χ4n) is 1.48. The first kappa shape index (κ1) is 13.7. The number of rotatable bonds is 3. The van der Waals surface area contributed by atoms with Crippen molar-refractivity contribution in [1.29, 1.82) is 0 Å². The maximum absolute atomic E-state index is 11.9. The lowest BCUT2D eigenvalue weighted by Gasteiger charge is -2.25. The van der Waals surface area contributed by atoms with Gasteiger partial charge in [0.25, 0.3) is 0 Å². The Morgan fingerprint density at radius 2 is 2.06 bits per heavy atom. The Labute approximate surface area is 103 Å². The molecule has 1 amide bonds. The van der Waals surface area contributed by atoms with Gasteiger partial charge in [-0.05, 0) is 29.5 Å². The first-order valence-electron chi connectivity index (χ1n) is 6.00. The molecule has 0 heterocycles. The van der Waals surface area contributed by atoms with Gasteiger partial charge >= 0.3 is 0 Å². The van der Waals surface area contributed by atoms with E-state index in [1.54, 1.807) is 0 Å². The summed E-state index contributed by atoms with van der Waals surface area (Å²) in [5.41, 5.74) is 7.69. The van der Waals surface area contributed by atoms with E-state index in [0.717, 1.165) is 12.1 Å². The van der Waals surface area contributed by atoms with Gasteiger partial charge in [-0.1, -0.05) is 39.8 Å². The van der Waals surface area contributed by atoms with E-state index in [1.165, 1.54) is 5.56 Å². The molecule has 3 heteroatoms. The number of amides is 1. The molecule has 0 bridgehead atoms. The second kappa shape index (κ2) is 5.32. The van der Waals surface area contributed by atoms with Crippen LogP contribution in [0.2, 0.25) is 0 Å². The van der Waals surface area contributed by atoms with Crippen molar-refractivity contribution in [2.24, 2.45) is 11.1 Å². The molecule has 94 valence electrons. The topological polar surface area (TPSA) is 55.1 Å². The smallest absolute Gasteiger partial charge is 0.241 e. The Morgan fingerprint density at radius 3 is 2.59 bits per heavy atom. The van der Waals surface area contributed by atoms with Gasteiger partial charge in [-0.15, -0.1) is 0 Å². The second-order valence-electron chi connectivity index (χ2n) is 5.39. The normalized spacial score (nSPS) is 13.2. The van der Waals surface area contributed by atoms with E-state index < -0.39 is 6.04 Å². The highest BCUT2D eigenvalue weighted by atomic mass is 16.2. The summed E-state index contributed by atoms with van der Waals surface area (Å²) in [5.74, 6) is -0.134. The van der Waals surface area contributed by atoms with Crippen molar-refractivity contribution in [3.05, 3.63) is 29.8 Å². The molecular formula is C14H22N2O. The molecule has 0 aliphatic heterocycles. The van der Waals surface area contributed by atoms with Crippen molar-refractivity contribution in [1.82, 2.24) is 0 Å². The summed E-state index contributed by atoms with van der Waals surface area (Å²) in [6.45, 7) is 7.96. The van der Waals surface area contributed by atoms with E-state index in [-0.39, 0.29) is 11.3 Å². The second-order valence-corrected chi connectivity index (χ2v) is 5.39. The maximum atomic E-state index is 11.9. The minimum absolute atomic E-state index is 0.134. The predicted octanol–water partition coefficient (Wildman–Crippen LogP) is 2.56. The zero-order valence-electron chi connectivity index (χ0n) is 11.1. The standard InChI is InChI=1S/C14H22N2O/c1-5-10-7-6-8-11(9-10)16-13(17)12(15)14(2,3)4/h6-9,12H,5,15H2,1-4H3,(H,16,17)/t12-/m1/s1. The third-order valence-electron chi connectivity index (χ3n) is 2.82. The van der Waals surface area contributed by atoms with Gasteiger partial charge < -0.3 is 11.1 Å². The van der Waals surface area contributed by atoms with Gasteiger partial charge in [0.1, 0.15) is 0 Å². The number of nitrogens with two attached hydrogens (primary N) is 1. The van der Waals surface area contributed by atoms with Gasteiger partial charge in [-0.3, -0.25) is 4.79 Å². The maximum Gasteiger partial charge on any atom is 0.241 e. The molecule has 0 unspecified atom stereocenters. The number of carbonyl (C=O) groups excluding carboxylic acids is 1. The van der Waals surface area contributed by atoms with Gasteiger partial charge in [0.05, 0.1) is 6.04 Å². The van der Waals surface area contributed by atoms with Gasteiger partial charge in [0.15, 0.2) is 0 Å². The SMILES string of the molecule is CCc1cccc(NC(=O)[C@@H](N)C(C)(C)C)c1. The summed E-state index contributed by atoms with van der Waals surface area (Å²) < 4.78 is 0. The van der Waals surface area contributed by atoms with Crippen molar-refractivity contribution < 1.29 is 4.79 Å². The fraction of sp³-hybridized carbons (Fsp3) is 0.500. The number of aryl methyl sites for hydroxylation is 1. The van der Waals surface area contributed by atoms with Gasteiger partial charge in [-0.25, -0.2) is 0 Å². The summed E-state index contributed by atoms with van der Waals surface area (Å²) >= 11 is 0. The molecule has 0 fully saturated rings. The van der Waals surface area contributed by atoms with Crippen LogP contribution in [-0.2, 0) is 11.2 Å². The van der Waals surface area contributed by atoms with Gasteiger partial charge in [0.2, 0.25) is 5.91 Å². The van der Waals surface area contributed by atoms with Crippen molar-refractivity contribution in [3.63, 3.8) is 0 Å². The third-order valence-corrected chi connectivity index (χ3v) is 2.82. The molecule has 0 aliphatic rings. The molecule has 1 rings (SSSR count). The summed E-state index contributed by atoms with van der Waals surface area (Å²) in [5, 5.41) is 2.86. The Hall–Kier alpha value is -1.35. The average Bonchev–Trinajstić information content (AvgIpc) is 2.27. The van der Waals surface area contributed by atoms with Crippen LogP contribution >= 0.6 is 0 Å². The van der Waals surface area contributed by atoms with Crippen molar-refractivity contribution in [2.45, 2.75) is 40.2 Å². The third kappa shape index (κ3) is 3.86. The van der Waals surface area contributed by atoms with Crippen LogP contribution in [0, 0.1) is 5.41 Å². The van der Waals surface area contributed by atoms with Crippen LogP contribution in [0.1, 0.15) is 33.3 Å². The average molecular weight is 234 g/mol. The molecular weight excluding hydrogens is 212 g/mol. The monoisotopic (exact) mass is 234 g/mol. The molecule has 3 N–H and O–H groups in total. The Morgan fingerprint density at radius 1 is 1.41 bits per heavy atom. The van der Waals surface area contributed by atoms with Crippen molar-refractivity contribution >= 4 is 11.6 Å². The van der Waals surface area contributed by atoms with E-state index in [1.807, 2.05) is 45.0 Å². The lowest BCUT2D eigenvalue weighted by molar-refractivity contribution is -0.119. The summed E-state index contributed by atoms with van der Waals surface area (Å²) in [6.07, 6.45) is 0.953. The lowest BCUT2D eigenvalue weighted by Crippen LogP contribution is -2.45. The number of carbonyl (C=O) groups is 1. The summed E-state index contributed by atoms with van der Waals surface area (Å²) in [7, 11) is 0. The number of hydrogen-bond acceptors (Lipinski definition) is 2. The minimum atomic E-state index is -0.507. The largest absolute Gasteiger partial charge is 0.325 e. The van der Waals surface area contributed by atoms with E-state index in [4.69, 9.17) is 5.73 Å². The van der Waals surface area contributed by atoms with Crippen LogP contribution in [0.3, 0.4) is 0 Å². The molecule has 0 saturated heterocycles. The molecule has 3 nitrogen and oxygen atoms in total. The molecule has 0 radical (unpaired) electrons. The Kier molecular flexibility index (Phi) is 4.29. The summed E-state index contributed by atoms with van der Waals surface area (Å²) in [6, 6.07) is 7.34. The quantitative estimate of drug-likeness (QED) is 0.844. The van der Waals surface area contributed by atoms with Crippen LogP contribution in [0.15, 0.2) is 24.3 Å². The molecule has 1 aromatic rings. The zero-order valence-corrected chi connectivity index (χ0v) is 11.1. The van der Waals surface area contributed by atoms with Crippen LogP contribution in [-0.4, -0.2) is 11.9 Å². The zero-order chi connectivity index (χ0) is 13.1. The van der Waals surface area contributed by atoms with E-state index >= 15 is 0 Å². The highest BCUT2D eigenvalue weighted by Gasteiger charge is 2.27. The van der Waals surface area contributed by atoms with E-state index in [9.17, 15) is 4.79 Å². The minimum Gasteiger partial charge on any atom is -0.325 e. The van der Waals surface area contributed by atoms with Gasteiger partial charge in [-0.2, -0.15) is 0 Å². The molecule has 1 atom stereocenters. The summed E-state index contributed by atoms with van der Waals surface area (Å²) in [4.78, 5) is 11.9. The number of benzene rings is 1. The molecule has 17 heavy (non-hydrogen) atoms. The fourth-order valence-corrected chi connectivity index (χ4v) is 1.48. The first-order chi connectivity index (χ1) is 7.84. The van der Waals surface area contributed by atoms with Crippen molar-refractivity contribution in [3.8, 4) is 0 Å². The Balaban J connectivity index is 2.74. The molecule has 0 aromatic heterocycles. The van der Waals surface area contributed by atoms with Crippen LogP contribution in [0.4, 0.5) is 5.69 Å². The van der Waals surface area contributed by atoms with Crippen LogP contribution < -0.4 is 11.1 Å². The molecule has 0 saturated carbocycles. The highest BCUT2D eigenvalue weighted by Crippen LogP contribution is 2.19. The van der Waals surface area contributed by atoms with Crippen LogP contribution in [0.25, 0.3) is 0 Å². The van der Waals surface area contributed by atoms with Crippen molar-refractivity contribution in [2.75, 3.05) is 5.32 Å². The Bertz CT molecular complexity index is 393. The van der Waals surface area contributed by atoms with E-state index in [0.29, 0.717) is 0 Å². The van der Waals surface area contributed by atoms with Gasteiger partial charge in [0, 0.05) is 5.69 Å². The number of anilines is 1. The van der Waals surface area contributed by atoms with E-state index in [2.05, 4.69) is 12.2 Å². The van der Waals surface area contributed by atoms with Crippen LogP contribution in [0.5, 0.6) is 0 Å². The molecule has 1 aromatic carbocycles. The lowest BCUT2D eigenvalue weighted by atomic mass is 9.87. The number of nitrogens with one attached hydrogen (secondary N) is 1. The highest BCUT2D eigenvalue weighted by molar-refractivity contribution is 5.95. The molecule has 0 spiro atoms.